The quantitative estimate of drug-likeness (QED) is 0.846. The third kappa shape index (κ3) is 3.10. The van der Waals surface area contributed by atoms with Crippen molar-refractivity contribution in [2.75, 3.05) is 6.54 Å². The molecule has 0 bridgehead atoms. The van der Waals surface area contributed by atoms with Crippen LogP contribution in [0, 0.1) is 11.3 Å². The van der Waals surface area contributed by atoms with Gasteiger partial charge in [0.25, 0.3) is 5.91 Å². The minimum atomic E-state index is -4.54. The maximum Gasteiger partial charge on any atom is 0.417 e. The number of carbonyl (C=O) groups excluding carboxylic acids is 1. The molecule has 1 N–H and O–H groups in total. The van der Waals surface area contributed by atoms with Crippen LogP contribution >= 0.6 is 15.9 Å². The molecule has 21 heavy (non-hydrogen) atoms. The highest BCUT2D eigenvalue weighted by molar-refractivity contribution is 9.10. The van der Waals surface area contributed by atoms with Crippen LogP contribution in [0.15, 0.2) is 22.7 Å². The summed E-state index contributed by atoms with van der Waals surface area (Å²) in [6, 6.07) is 3.62. The summed E-state index contributed by atoms with van der Waals surface area (Å²) < 4.78 is 39.3. The van der Waals surface area contributed by atoms with Crippen LogP contribution in [0.25, 0.3) is 0 Å². The van der Waals surface area contributed by atoms with Gasteiger partial charge in [-0.15, -0.1) is 0 Å². The van der Waals surface area contributed by atoms with Gasteiger partial charge in [-0.1, -0.05) is 15.9 Å². The fourth-order valence-corrected chi connectivity index (χ4v) is 3.25. The van der Waals surface area contributed by atoms with E-state index in [2.05, 4.69) is 21.2 Å². The molecule has 2 saturated carbocycles. The Morgan fingerprint density at radius 1 is 1.33 bits per heavy atom. The molecule has 0 spiro atoms. The van der Waals surface area contributed by atoms with Gasteiger partial charge < -0.3 is 5.32 Å². The number of hydrogen-bond donors (Lipinski definition) is 1. The summed E-state index contributed by atoms with van der Waals surface area (Å²) in [7, 11) is 0. The second kappa shape index (κ2) is 5.00. The minimum Gasteiger partial charge on any atom is -0.351 e. The van der Waals surface area contributed by atoms with E-state index in [9.17, 15) is 18.0 Å². The molecule has 6 heteroatoms. The zero-order valence-corrected chi connectivity index (χ0v) is 12.9. The maximum absolute atomic E-state index is 13.0. The molecule has 0 aliphatic heterocycles. The van der Waals surface area contributed by atoms with Gasteiger partial charge in [-0.2, -0.15) is 13.2 Å². The second-order valence-electron chi connectivity index (χ2n) is 6.01. The summed E-state index contributed by atoms with van der Waals surface area (Å²) in [6.45, 7) is 0.490. The summed E-state index contributed by atoms with van der Waals surface area (Å²) in [6.07, 6.45) is -0.0249. The standard InChI is InChI=1S/C15H15BrF3NO/c16-10-3-4-11(12(7-10)15(17,18)19)13(21)20-8-14(5-6-14)9-1-2-9/h3-4,7,9H,1-2,5-6,8H2,(H,20,21). The molecule has 2 aliphatic carbocycles. The van der Waals surface area contributed by atoms with Crippen LogP contribution in [-0.4, -0.2) is 12.5 Å². The number of alkyl halides is 3. The van der Waals surface area contributed by atoms with Gasteiger partial charge in [-0.25, -0.2) is 0 Å². The van der Waals surface area contributed by atoms with Crippen LogP contribution in [0.2, 0.25) is 0 Å². The van der Waals surface area contributed by atoms with Crippen LogP contribution in [0.4, 0.5) is 13.2 Å². The molecular weight excluding hydrogens is 347 g/mol. The summed E-state index contributed by atoms with van der Waals surface area (Å²) in [5.41, 5.74) is -1.04. The second-order valence-corrected chi connectivity index (χ2v) is 6.92. The molecule has 2 fully saturated rings. The predicted octanol–water partition coefficient (Wildman–Crippen LogP) is 4.39. The van der Waals surface area contributed by atoms with E-state index in [1.807, 2.05) is 0 Å². The van der Waals surface area contributed by atoms with Crippen LogP contribution in [0.5, 0.6) is 0 Å². The summed E-state index contributed by atoms with van der Waals surface area (Å²) in [4.78, 5) is 12.1. The molecule has 0 atom stereocenters. The Morgan fingerprint density at radius 3 is 2.52 bits per heavy atom. The highest BCUT2D eigenvalue weighted by atomic mass is 79.9. The van der Waals surface area contributed by atoms with Crippen LogP contribution in [0.3, 0.4) is 0 Å². The van der Waals surface area contributed by atoms with E-state index < -0.39 is 17.6 Å². The number of nitrogens with one attached hydrogen (secondary N) is 1. The third-order valence-electron chi connectivity index (χ3n) is 4.47. The van der Waals surface area contributed by atoms with Gasteiger partial charge >= 0.3 is 6.18 Å². The monoisotopic (exact) mass is 361 g/mol. The number of carbonyl (C=O) groups is 1. The fraction of sp³-hybridized carbons (Fsp3) is 0.533. The van der Waals surface area contributed by atoms with Crippen molar-refractivity contribution < 1.29 is 18.0 Å². The SMILES string of the molecule is O=C(NCC1(C2CC2)CC1)c1ccc(Br)cc1C(F)(F)F. The highest BCUT2D eigenvalue weighted by Gasteiger charge is 2.53. The lowest BCUT2D eigenvalue weighted by atomic mass is 10.00. The van der Waals surface area contributed by atoms with E-state index in [1.165, 1.54) is 25.0 Å². The van der Waals surface area contributed by atoms with Crippen molar-refractivity contribution in [2.45, 2.75) is 31.9 Å². The lowest BCUT2D eigenvalue weighted by molar-refractivity contribution is -0.138. The smallest absolute Gasteiger partial charge is 0.351 e. The van der Waals surface area contributed by atoms with E-state index in [0.29, 0.717) is 16.9 Å². The molecule has 0 radical (unpaired) electrons. The first-order valence-corrected chi connectivity index (χ1v) is 7.76. The van der Waals surface area contributed by atoms with Crippen LogP contribution < -0.4 is 5.32 Å². The lowest BCUT2D eigenvalue weighted by Crippen LogP contribution is -2.32. The molecule has 114 valence electrons. The Bertz CT molecular complexity index is 577. The van der Waals surface area contributed by atoms with Crippen molar-refractivity contribution in [3.05, 3.63) is 33.8 Å². The van der Waals surface area contributed by atoms with E-state index in [-0.39, 0.29) is 11.0 Å². The van der Waals surface area contributed by atoms with Crippen LogP contribution in [-0.2, 0) is 6.18 Å². The van der Waals surface area contributed by atoms with Gasteiger partial charge in [0.2, 0.25) is 0 Å². The van der Waals surface area contributed by atoms with Crippen molar-refractivity contribution in [2.24, 2.45) is 11.3 Å². The maximum atomic E-state index is 13.0. The Hall–Kier alpha value is -1.04. The largest absolute Gasteiger partial charge is 0.417 e. The van der Waals surface area contributed by atoms with E-state index in [1.54, 1.807) is 0 Å². The zero-order chi connectivity index (χ0) is 15.3. The molecule has 3 rings (SSSR count). The zero-order valence-electron chi connectivity index (χ0n) is 11.3. The first kappa shape index (κ1) is 14.9. The fourth-order valence-electron chi connectivity index (χ4n) is 2.89. The Morgan fingerprint density at radius 2 is 2.00 bits per heavy atom. The van der Waals surface area contributed by atoms with E-state index >= 15 is 0 Å². The average Bonchev–Trinajstić information content (AvgIpc) is 3.25. The van der Waals surface area contributed by atoms with Crippen molar-refractivity contribution in [3.8, 4) is 0 Å². The molecule has 2 aliphatic rings. The summed E-state index contributed by atoms with van der Waals surface area (Å²) in [5.74, 6) is 0.0200. The first-order chi connectivity index (χ1) is 9.82. The van der Waals surface area contributed by atoms with Gasteiger partial charge in [0, 0.05) is 11.0 Å². The third-order valence-corrected chi connectivity index (χ3v) is 4.96. The van der Waals surface area contributed by atoms with E-state index in [4.69, 9.17) is 0 Å². The summed E-state index contributed by atoms with van der Waals surface area (Å²) in [5, 5.41) is 2.70. The number of amides is 1. The Kier molecular flexibility index (Phi) is 3.55. The van der Waals surface area contributed by atoms with Crippen molar-refractivity contribution in [3.63, 3.8) is 0 Å². The number of hydrogen-bond acceptors (Lipinski definition) is 1. The molecule has 0 aromatic heterocycles. The Labute approximate surface area is 129 Å². The number of rotatable bonds is 4. The van der Waals surface area contributed by atoms with Crippen LogP contribution in [0.1, 0.15) is 41.6 Å². The molecule has 0 unspecified atom stereocenters. The van der Waals surface area contributed by atoms with Gasteiger partial charge in [-0.05, 0) is 55.2 Å². The van der Waals surface area contributed by atoms with Gasteiger partial charge in [-0.3, -0.25) is 4.79 Å². The predicted molar refractivity (Wildman–Crippen MR) is 75.9 cm³/mol. The number of benzene rings is 1. The lowest BCUT2D eigenvalue weighted by Gasteiger charge is -2.17. The molecule has 1 aromatic rings. The topological polar surface area (TPSA) is 29.1 Å². The van der Waals surface area contributed by atoms with Gasteiger partial charge in [0.1, 0.15) is 0 Å². The molecule has 2 nitrogen and oxygen atoms in total. The average molecular weight is 362 g/mol. The van der Waals surface area contributed by atoms with Gasteiger partial charge in [0.15, 0.2) is 0 Å². The first-order valence-electron chi connectivity index (χ1n) is 6.97. The van der Waals surface area contributed by atoms with E-state index in [0.717, 1.165) is 18.9 Å². The highest BCUT2D eigenvalue weighted by Crippen LogP contribution is 2.60. The number of halogens is 4. The normalized spacial score (nSPS) is 20.2. The minimum absolute atomic E-state index is 0.170. The summed E-state index contributed by atoms with van der Waals surface area (Å²) >= 11 is 3.01. The molecule has 1 amide bonds. The molecular formula is C15H15BrF3NO. The van der Waals surface area contributed by atoms with Crippen molar-refractivity contribution >= 4 is 21.8 Å². The molecule has 1 aromatic carbocycles. The van der Waals surface area contributed by atoms with Crippen molar-refractivity contribution in [1.82, 2.24) is 5.32 Å². The molecule has 0 heterocycles. The van der Waals surface area contributed by atoms with Gasteiger partial charge in [0.05, 0.1) is 11.1 Å². The molecule has 0 saturated heterocycles. The van der Waals surface area contributed by atoms with Crippen molar-refractivity contribution in [1.29, 1.82) is 0 Å². The Balaban J connectivity index is 1.75.